The van der Waals surface area contributed by atoms with Gasteiger partial charge >= 0.3 is 0 Å². The number of fused-ring (bicyclic) bond motifs is 1. The van der Waals surface area contributed by atoms with Crippen molar-refractivity contribution in [3.63, 3.8) is 0 Å². The summed E-state index contributed by atoms with van der Waals surface area (Å²) in [5.74, 6) is 0. The number of anilines is 1. The summed E-state index contributed by atoms with van der Waals surface area (Å²) >= 11 is 1.68. The van der Waals surface area contributed by atoms with E-state index in [-0.39, 0.29) is 0 Å². The Balaban J connectivity index is 1.93. The average molecular weight is 255 g/mol. The summed E-state index contributed by atoms with van der Waals surface area (Å²) in [6.45, 7) is 0. The number of hydrogen-bond donors (Lipinski definition) is 1. The van der Waals surface area contributed by atoms with Gasteiger partial charge in [0.05, 0.1) is 10.2 Å². The van der Waals surface area contributed by atoms with Crippen LogP contribution in [0.1, 0.15) is 11.3 Å². The predicted octanol–water partition coefficient (Wildman–Crippen LogP) is 3.32. The molecule has 2 heterocycles. The molecule has 0 aliphatic heterocycles. The van der Waals surface area contributed by atoms with E-state index in [1.807, 2.05) is 25.4 Å². The molecule has 0 amide bonds. The first kappa shape index (κ1) is 11.2. The van der Waals surface area contributed by atoms with Crippen LogP contribution in [-0.4, -0.2) is 17.0 Å². The summed E-state index contributed by atoms with van der Waals surface area (Å²) < 4.78 is 1.22. The van der Waals surface area contributed by atoms with Crippen LogP contribution < -0.4 is 5.32 Å². The van der Waals surface area contributed by atoms with E-state index in [2.05, 4.69) is 39.6 Å². The molecule has 0 radical (unpaired) electrons. The zero-order chi connectivity index (χ0) is 12.4. The summed E-state index contributed by atoms with van der Waals surface area (Å²) in [6.07, 6.45) is 2.70. The van der Waals surface area contributed by atoms with Crippen molar-refractivity contribution in [2.24, 2.45) is 0 Å². The van der Waals surface area contributed by atoms with Crippen molar-refractivity contribution in [1.82, 2.24) is 9.97 Å². The van der Waals surface area contributed by atoms with E-state index >= 15 is 0 Å². The lowest BCUT2D eigenvalue weighted by Gasteiger charge is -2.00. The third-order valence-electron chi connectivity index (χ3n) is 2.78. The first-order valence-electron chi connectivity index (χ1n) is 5.82. The molecule has 4 heteroatoms. The third-order valence-corrected chi connectivity index (χ3v) is 3.81. The Morgan fingerprint density at radius 1 is 1.22 bits per heavy atom. The fraction of sp³-hybridized carbons (Fsp3) is 0.143. The molecular weight excluding hydrogens is 242 g/mol. The van der Waals surface area contributed by atoms with Crippen LogP contribution >= 0.6 is 11.3 Å². The normalized spacial score (nSPS) is 10.7. The number of rotatable bonds is 3. The van der Waals surface area contributed by atoms with Crippen LogP contribution in [0.5, 0.6) is 0 Å². The molecule has 2 aromatic heterocycles. The van der Waals surface area contributed by atoms with Crippen LogP contribution in [0.25, 0.3) is 10.2 Å². The number of pyridine rings is 1. The summed E-state index contributed by atoms with van der Waals surface area (Å²) in [5.41, 5.74) is 3.41. The second-order valence-corrected chi connectivity index (χ2v) is 5.10. The van der Waals surface area contributed by atoms with Gasteiger partial charge < -0.3 is 5.32 Å². The summed E-state index contributed by atoms with van der Waals surface area (Å²) in [7, 11) is 1.90. The maximum atomic E-state index is 4.47. The van der Waals surface area contributed by atoms with E-state index in [1.165, 1.54) is 10.3 Å². The molecule has 3 aromatic rings. The first-order chi connectivity index (χ1) is 8.85. The number of hydrogen-bond acceptors (Lipinski definition) is 4. The number of thiazole rings is 1. The van der Waals surface area contributed by atoms with Gasteiger partial charge in [0.15, 0.2) is 5.13 Å². The minimum atomic E-state index is 0.865. The molecule has 0 aliphatic rings. The molecule has 0 spiro atoms. The van der Waals surface area contributed by atoms with E-state index < -0.39 is 0 Å². The maximum absolute atomic E-state index is 4.47. The Labute approximate surface area is 110 Å². The van der Waals surface area contributed by atoms with Gasteiger partial charge in [-0.05, 0) is 29.8 Å². The lowest BCUT2D eigenvalue weighted by atomic mass is 10.1. The number of aromatic nitrogens is 2. The van der Waals surface area contributed by atoms with Crippen molar-refractivity contribution in [3.05, 3.63) is 53.9 Å². The standard InChI is InChI=1S/C14H13N3S/c1-15-14-17-12-6-5-10(9-13(12)18-14)8-11-4-2-3-7-16-11/h2-7,9H,8H2,1H3,(H,15,17). The van der Waals surface area contributed by atoms with Crippen molar-refractivity contribution < 1.29 is 0 Å². The summed E-state index contributed by atoms with van der Waals surface area (Å²) in [4.78, 5) is 8.82. The van der Waals surface area contributed by atoms with Crippen LogP contribution in [0.2, 0.25) is 0 Å². The Morgan fingerprint density at radius 3 is 2.94 bits per heavy atom. The molecule has 0 fully saturated rings. The SMILES string of the molecule is CNc1nc2ccc(Cc3ccccn3)cc2s1. The molecule has 90 valence electrons. The lowest BCUT2D eigenvalue weighted by Crippen LogP contribution is -1.90. The van der Waals surface area contributed by atoms with Crippen LogP contribution in [0, 0.1) is 0 Å². The average Bonchev–Trinajstić information content (AvgIpc) is 2.82. The van der Waals surface area contributed by atoms with Gasteiger partial charge in [0.25, 0.3) is 0 Å². The third kappa shape index (κ3) is 2.19. The van der Waals surface area contributed by atoms with Gasteiger partial charge in [-0.3, -0.25) is 4.98 Å². The Hall–Kier alpha value is -1.94. The molecule has 3 nitrogen and oxygen atoms in total. The van der Waals surface area contributed by atoms with Crippen molar-refractivity contribution >= 4 is 26.7 Å². The maximum Gasteiger partial charge on any atom is 0.183 e. The van der Waals surface area contributed by atoms with Crippen molar-refractivity contribution in [1.29, 1.82) is 0 Å². The molecule has 0 saturated heterocycles. The van der Waals surface area contributed by atoms with Crippen molar-refractivity contribution in [3.8, 4) is 0 Å². The molecule has 3 rings (SSSR count). The highest BCUT2D eigenvalue weighted by Crippen LogP contribution is 2.26. The van der Waals surface area contributed by atoms with Gasteiger partial charge in [0.1, 0.15) is 0 Å². The van der Waals surface area contributed by atoms with E-state index in [4.69, 9.17) is 0 Å². The Morgan fingerprint density at radius 2 is 2.17 bits per heavy atom. The molecule has 0 unspecified atom stereocenters. The van der Waals surface area contributed by atoms with Gasteiger partial charge in [0, 0.05) is 25.4 Å². The largest absolute Gasteiger partial charge is 0.365 e. The van der Waals surface area contributed by atoms with Crippen LogP contribution in [-0.2, 0) is 6.42 Å². The number of nitrogens with zero attached hydrogens (tertiary/aromatic N) is 2. The first-order valence-corrected chi connectivity index (χ1v) is 6.64. The monoisotopic (exact) mass is 255 g/mol. The van der Waals surface area contributed by atoms with Crippen molar-refractivity contribution in [2.45, 2.75) is 6.42 Å². The second-order valence-electron chi connectivity index (χ2n) is 4.07. The van der Waals surface area contributed by atoms with E-state index in [9.17, 15) is 0 Å². The number of benzene rings is 1. The zero-order valence-corrected chi connectivity index (χ0v) is 10.9. The fourth-order valence-electron chi connectivity index (χ4n) is 1.90. The highest BCUT2D eigenvalue weighted by Gasteiger charge is 2.04. The van der Waals surface area contributed by atoms with Gasteiger partial charge in [-0.2, -0.15) is 0 Å². The van der Waals surface area contributed by atoms with Gasteiger partial charge in [0.2, 0.25) is 0 Å². The molecule has 0 aliphatic carbocycles. The van der Waals surface area contributed by atoms with E-state index in [0.29, 0.717) is 0 Å². The zero-order valence-electron chi connectivity index (χ0n) is 10.1. The van der Waals surface area contributed by atoms with Gasteiger partial charge in [-0.25, -0.2) is 4.98 Å². The van der Waals surface area contributed by atoms with E-state index in [0.717, 1.165) is 22.8 Å². The predicted molar refractivity (Wildman–Crippen MR) is 76.2 cm³/mol. The van der Waals surface area contributed by atoms with E-state index in [1.54, 1.807) is 11.3 Å². The lowest BCUT2D eigenvalue weighted by molar-refractivity contribution is 1.08. The summed E-state index contributed by atoms with van der Waals surface area (Å²) in [5, 5.41) is 4.04. The molecule has 0 saturated carbocycles. The van der Waals surface area contributed by atoms with Crippen molar-refractivity contribution in [2.75, 3.05) is 12.4 Å². The highest BCUT2D eigenvalue weighted by atomic mass is 32.1. The quantitative estimate of drug-likeness (QED) is 0.780. The molecule has 1 aromatic carbocycles. The summed E-state index contributed by atoms with van der Waals surface area (Å²) in [6, 6.07) is 12.4. The van der Waals surface area contributed by atoms with Crippen LogP contribution in [0.4, 0.5) is 5.13 Å². The number of nitrogens with one attached hydrogen (secondary N) is 1. The van der Waals surface area contributed by atoms with Gasteiger partial charge in [-0.1, -0.05) is 23.5 Å². The molecule has 18 heavy (non-hydrogen) atoms. The van der Waals surface area contributed by atoms with Gasteiger partial charge in [-0.15, -0.1) is 0 Å². The topological polar surface area (TPSA) is 37.8 Å². The minimum Gasteiger partial charge on any atom is -0.365 e. The Bertz CT molecular complexity index is 661. The molecule has 1 N–H and O–H groups in total. The van der Waals surface area contributed by atoms with Crippen LogP contribution in [0.3, 0.4) is 0 Å². The molecule has 0 atom stereocenters. The fourth-order valence-corrected chi connectivity index (χ4v) is 2.78. The molecular formula is C14H13N3S. The molecule has 0 bridgehead atoms. The van der Waals surface area contributed by atoms with Crippen LogP contribution in [0.15, 0.2) is 42.6 Å². The Kier molecular flexibility index (Phi) is 2.94. The smallest absolute Gasteiger partial charge is 0.183 e. The minimum absolute atomic E-state index is 0.865. The second kappa shape index (κ2) is 4.74. The highest BCUT2D eigenvalue weighted by molar-refractivity contribution is 7.22.